The number of ether oxygens (including phenoxy) is 10. The van der Waals surface area contributed by atoms with E-state index < -0.39 is 332 Å². The Morgan fingerprint density at radius 2 is 0.839 bits per heavy atom. The van der Waals surface area contributed by atoms with Crippen LogP contribution in [0.2, 0.25) is 0 Å². The van der Waals surface area contributed by atoms with Crippen LogP contribution in [-0.2, 0) is 118 Å². The lowest BCUT2D eigenvalue weighted by molar-refractivity contribution is -0.270. The topological polar surface area (TPSA) is 691 Å². The van der Waals surface area contributed by atoms with Crippen molar-refractivity contribution in [2.24, 2.45) is 0 Å². The number of carbonyl (C=O) groups is 11. The average molecular weight is 1760 g/mol. The fourth-order valence-corrected chi connectivity index (χ4v) is 14.2. The maximum atomic E-state index is 14.3. The largest absolute Gasteiger partial charge is 0.394 e. The van der Waals surface area contributed by atoms with Crippen molar-refractivity contribution in [3.63, 3.8) is 0 Å². The van der Waals surface area contributed by atoms with Gasteiger partial charge in [-0.05, 0) is 19.6 Å². The Morgan fingerprint density at radius 1 is 0.483 bits per heavy atom. The van der Waals surface area contributed by atoms with Gasteiger partial charge in [-0.25, -0.2) is 0 Å². The highest BCUT2D eigenvalue weighted by Gasteiger charge is 2.49. The number of aliphatic hydroxyl groups excluding tert-OH is 10. The summed E-state index contributed by atoms with van der Waals surface area (Å²) in [5, 5.41) is 127. The number of rotatable bonds is 52. The average Bonchev–Trinajstić information content (AvgIpc) is 1.14. The van der Waals surface area contributed by atoms with Gasteiger partial charge >= 0.3 is 7.60 Å². The lowest BCUT2D eigenvalue weighted by atomic mass is 9.97. The maximum absolute atomic E-state index is 14.3. The van der Waals surface area contributed by atoms with E-state index in [2.05, 4.69) is 59.5 Å². The van der Waals surface area contributed by atoms with Gasteiger partial charge in [-0.15, -0.1) is 0 Å². The molecule has 5 fully saturated rings. The lowest BCUT2D eigenvalue weighted by Gasteiger charge is -2.42. The van der Waals surface area contributed by atoms with Crippen LogP contribution in [0.5, 0.6) is 0 Å². The molecule has 5 aliphatic rings. The number of hydrogen-bond donors (Lipinski definition) is 22. The van der Waals surface area contributed by atoms with Crippen LogP contribution in [0.3, 0.4) is 0 Å². The van der Waals surface area contributed by atoms with E-state index in [0.717, 1.165) is 20.8 Å². The van der Waals surface area contributed by atoms with E-state index in [1.165, 1.54) is 18.7 Å². The van der Waals surface area contributed by atoms with Gasteiger partial charge in [-0.3, -0.25) is 57.3 Å². The summed E-state index contributed by atoms with van der Waals surface area (Å²) in [7, 11) is -8.02. The number of nitrogens with zero attached hydrogens (tertiary/aromatic N) is 1. The van der Waals surface area contributed by atoms with Crippen molar-refractivity contribution in [2.75, 3.05) is 119 Å². The number of amides is 11. The van der Waals surface area contributed by atoms with Crippen molar-refractivity contribution < 1.29 is 188 Å². The van der Waals surface area contributed by atoms with Gasteiger partial charge in [0.15, 0.2) is 18.9 Å². The van der Waals surface area contributed by atoms with Gasteiger partial charge in [-0.2, -0.15) is 0 Å². The molecule has 5 rings (SSSR count). The van der Waals surface area contributed by atoms with Crippen LogP contribution in [-0.4, -0.2) is 390 Å². The third-order valence-electron chi connectivity index (χ3n) is 18.8. The van der Waals surface area contributed by atoms with E-state index in [0.29, 0.717) is 0 Å². The van der Waals surface area contributed by atoms with Crippen molar-refractivity contribution in [1.82, 2.24) is 58.1 Å². The highest BCUT2D eigenvalue weighted by Crippen LogP contribution is 2.50. The molecular formula is C68H131N11O37P2. The van der Waals surface area contributed by atoms with Gasteiger partial charge in [0.05, 0.1) is 181 Å². The molecule has 0 aliphatic carbocycles. The van der Waals surface area contributed by atoms with Crippen LogP contribution in [0.15, 0.2) is 0 Å². The minimum Gasteiger partial charge on any atom is -0.394 e. The number of nitrogens with one attached hydrogen (secondary N) is 10. The molecule has 11 amide bonds. The normalized spacial score (nSPS) is 29.2. The summed E-state index contributed by atoms with van der Waals surface area (Å²) in [4.78, 5) is 165. The first kappa shape index (κ1) is 102. The van der Waals surface area contributed by atoms with Crippen molar-refractivity contribution >= 4 is 86.4 Å². The number of β-amino-alcohol motifs (C(OH)–C–C–N with tert-alkyl or cyclic N) is 1. The Kier molecular flexibility index (Phi) is 44.2. The molecule has 0 bridgehead atoms. The maximum Gasteiger partial charge on any atom is 0.330 e. The molecule has 48 nitrogen and oxygen atoms in total. The number of carbonyl (C=O) groups excluding carboxylic acids is 11. The van der Waals surface area contributed by atoms with Crippen molar-refractivity contribution in [1.29, 1.82) is 0 Å². The Balaban J connectivity index is 0. The standard InChI is InChI=1S/C68H119N11O37P2.6H2/c1-36(2)118(102,103)111-29-47-43(22-37(3)112-47)116-117(7,101)110-28-41-23-42(86)24-79(41)55(94)9-8-54(93)78-68(30-104-16-10-48(87)69-33-72-51(90)13-19-107-65-56(75-38(4)83)62(98)59(95)44(25-80)113-65,31-105-17-11-49(88)70-34-73-52(91)14-20-108-66-57(76-39(5)84)63(99)60(96)45(26-81)114-66)32-106-18-12-50(89)71-35-74-53(92)15-21-109-67-58(77-40(6)85)64(100)61(97)46(27-82)115-67;;;;;;/h36-37,41-47,56-67,80-82,86,95-101H,7-35H2,1-6H3,(H,69,87)(H,70,88)(H,71,89)(H,72,90)(H,73,91)(H,74,92)(H,75,83)(H,76,84)(H,77,85)(H,78,93)(H,102,103);6*1H/t37-,41-,42+,43-,44?,45?,46?,47+,56-,57-,58-,59-,60-,61-,62?,63?,64?,65+,66+,67+,68?,117?;;;;;;/m0....../s1. The van der Waals surface area contributed by atoms with Gasteiger partial charge in [0.1, 0.15) is 84.7 Å². The van der Waals surface area contributed by atoms with E-state index in [1.807, 2.05) is 0 Å². The first-order chi connectivity index (χ1) is 55.7. The fraction of sp³-hybridized carbons (Fsp3) is 0.824. The molecule has 5 aliphatic heterocycles. The second-order valence-corrected chi connectivity index (χ2v) is 33.0. The zero-order valence-corrected chi connectivity index (χ0v) is 68.3. The van der Waals surface area contributed by atoms with E-state index >= 15 is 0 Å². The molecule has 5 heterocycles. The second-order valence-electron chi connectivity index (χ2n) is 28.9. The summed E-state index contributed by atoms with van der Waals surface area (Å²) in [6.45, 7) is -0.314. The summed E-state index contributed by atoms with van der Waals surface area (Å²) in [5.74, 6) is -7.37. The van der Waals surface area contributed by atoms with Gasteiger partial charge < -0.3 is 180 Å². The van der Waals surface area contributed by atoms with Crippen LogP contribution >= 0.6 is 15.2 Å². The third-order valence-corrected chi connectivity index (χ3v) is 21.7. The van der Waals surface area contributed by atoms with Crippen molar-refractivity contribution in [3.8, 4) is 0 Å². The minimum absolute atomic E-state index is 0. The van der Waals surface area contributed by atoms with E-state index in [1.54, 1.807) is 6.92 Å². The predicted octanol–water partition coefficient (Wildman–Crippen LogP) is -8.72. The molecule has 8 unspecified atom stereocenters. The summed E-state index contributed by atoms with van der Waals surface area (Å²) < 4.78 is 86.5. The van der Waals surface area contributed by atoms with Crippen LogP contribution in [0, 0.1) is 0 Å². The molecule has 0 saturated carbocycles. The first-order valence-electron chi connectivity index (χ1n) is 38.3. The van der Waals surface area contributed by atoms with E-state index in [4.69, 9.17) is 60.9 Å². The molecule has 0 aromatic carbocycles. The molecule has 118 heavy (non-hydrogen) atoms. The van der Waals surface area contributed by atoms with Crippen LogP contribution in [0.4, 0.5) is 0 Å². The zero-order valence-electron chi connectivity index (χ0n) is 66.5. The van der Waals surface area contributed by atoms with Crippen molar-refractivity contribution in [3.05, 3.63) is 0 Å². The highest BCUT2D eigenvalue weighted by molar-refractivity contribution is 7.58. The molecular weight excluding hydrogens is 1620 g/mol. The van der Waals surface area contributed by atoms with Gasteiger partial charge in [0.2, 0.25) is 72.5 Å². The monoisotopic (exact) mass is 1760 g/mol. The lowest BCUT2D eigenvalue weighted by Crippen LogP contribution is -2.64. The second kappa shape index (κ2) is 50.9. The summed E-state index contributed by atoms with van der Waals surface area (Å²) in [6.07, 6.45) is -20.4. The zero-order chi connectivity index (χ0) is 87.6. The van der Waals surface area contributed by atoms with Gasteiger partial charge in [0, 0.05) is 55.1 Å². The smallest absolute Gasteiger partial charge is 0.330 e. The molecule has 22 atom stereocenters. The highest BCUT2D eigenvalue weighted by atomic mass is 31.2. The SMILES string of the molecule is C=P(O)(OC[C@@H]1C[C@@H](O)CN1C(=O)CCC(=O)NC(COCCC(=O)NCNC(=O)CCO[C@@H]1OC(CO)[C@H](O)C(O)[C@@H]1NC(C)=O)(COCCC(=O)NCNC(=O)CCO[C@@H]1OC(CO)[C@H](O)C(O)[C@@H]1NC(C)=O)COCCC(=O)NCNC(=O)CCO[C@@H]1OC(CO)[C@H](O)C(O)[C@@H]1NC(C)=O)O[C@H]1C[C@H](C)O[C@@H]1COP(=O)(O)C(C)C.[HH].[HH].[HH].[HH].[HH].[HH]. The molecule has 0 aromatic rings. The number of hydrogen-bond acceptors (Lipinski definition) is 36. The van der Waals surface area contributed by atoms with E-state index in [9.17, 15) is 118 Å². The Labute approximate surface area is 688 Å². The molecule has 0 radical (unpaired) electrons. The van der Waals surface area contributed by atoms with Crippen LogP contribution in [0.25, 0.3) is 0 Å². The molecule has 0 aromatic heterocycles. The van der Waals surface area contributed by atoms with Crippen LogP contribution < -0.4 is 53.2 Å². The molecule has 50 heteroatoms. The van der Waals surface area contributed by atoms with Crippen LogP contribution in [0.1, 0.15) is 114 Å². The molecule has 22 N–H and O–H groups in total. The Hall–Kier alpha value is -6.30. The van der Waals surface area contributed by atoms with Gasteiger partial charge in [-0.1, -0.05) is 13.8 Å². The minimum atomic E-state index is -4.03. The first-order valence-corrected chi connectivity index (χ1v) is 41.7. The summed E-state index contributed by atoms with van der Waals surface area (Å²) >= 11 is 0. The molecule has 5 saturated heterocycles. The Bertz CT molecular complexity index is 3140. The van der Waals surface area contributed by atoms with Gasteiger partial charge in [0.25, 0.3) is 0 Å². The summed E-state index contributed by atoms with van der Waals surface area (Å²) in [5.41, 5.74) is -2.56. The Morgan fingerprint density at radius 3 is 1.18 bits per heavy atom. The fourth-order valence-electron chi connectivity index (χ4n) is 12.5. The summed E-state index contributed by atoms with van der Waals surface area (Å²) in [6, 6.07) is -4.74. The number of aliphatic hydroxyl groups is 10. The quantitative estimate of drug-likeness (QED) is 0.0153. The molecule has 0 spiro atoms. The predicted molar refractivity (Wildman–Crippen MR) is 413 cm³/mol. The third kappa shape index (κ3) is 34.9. The van der Waals surface area contributed by atoms with Crippen molar-refractivity contribution in [2.45, 2.75) is 239 Å². The molecule has 690 valence electrons. The van der Waals surface area contributed by atoms with E-state index in [-0.39, 0.29) is 73.6 Å². The number of likely N-dealkylation sites (tertiary alicyclic amines) is 1.